The number of carboxylic acid groups (broad SMARTS) is 1. The Morgan fingerprint density at radius 2 is 2.39 bits per heavy atom. The fourth-order valence-electron chi connectivity index (χ4n) is 2.24. The molecular weight excluding hydrogens is 255 g/mol. The van der Waals surface area contributed by atoms with Crippen molar-refractivity contribution in [3.8, 4) is 5.75 Å². The second-order valence-corrected chi connectivity index (χ2v) is 5.84. The topological polar surface area (TPSA) is 46.5 Å². The number of carbonyl (C=O) groups is 1. The van der Waals surface area contributed by atoms with Crippen molar-refractivity contribution in [1.29, 1.82) is 0 Å². The van der Waals surface area contributed by atoms with E-state index >= 15 is 0 Å². The van der Waals surface area contributed by atoms with Crippen molar-refractivity contribution < 1.29 is 19.0 Å². The molecule has 1 heterocycles. The van der Waals surface area contributed by atoms with Crippen molar-refractivity contribution in [2.24, 2.45) is 0 Å². The normalized spacial score (nSPS) is 23.0. The summed E-state index contributed by atoms with van der Waals surface area (Å²) in [6.45, 7) is 0. The lowest BCUT2D eigenvalue weighted by atomic mass is 9.94. The lowest BCUT2D eigenvalue weighted by molar-refractivity contribution is -0.139. The minimum absolute atomic E-state index is 0.163. The molecule has 98 valence electrons. The Bertz CT molecular complexity index is 456. The van der Waals surface area contributed by atoms with Crippen LogP contribution in [0.25, 0.3) is 0 Å². The van der Waals surface area contributed by atoms with E-state index in [1.807, 2.05) is 0 Å². The molecular formula is C13H15FO3S. The highest BCUT2D eigenvalue weighted by Gasteiger charge is 2.42. The van der Waals surface area contributed by atoms with Gasteiger partial charge in [-0.15, -0.1) is 11.8 Å². The van der Waals surface area contributed by atoms with Crippen LogP contribution in [0.2, 0.25) is 0 Å². The van der Waals surface area contributed by atoms with E-state index in [1.54, 1.807) is 12.1 Å². The SMILES string of the molecule is COc1cccc(CC2(C(=O)O)CCCS2)c1F. The van der Waals surface area contributed by atoms with Gasteiger partial charge < -0.3 is 9.84 Å². The second-order valence-electron chi connectivity index (χ2n) is 4.36. The Morgan fingerprint density at radius 3 is 2.94 bits per heavy atom. The summed E-state index contributed by atoms with van der Waals surface area (Å²) in [7, 11) is 1.40. The lowest BCUT2D eigenvalue weighted by Crippen LogP contribution is -2.35. The summed E-state index contributed by atoms with van der Waals surface area (Å²) in [4.78, 5) is 11.4. The van der Waals surface area contributed by atoms with Crippen LogP contribution in [0, 0.1) is 5.82 Å². The summed E-state index contributed by atoms with van der Waals surface area (Å²) in [6.07, 6.45) is 1.65. The van der Waals surface area contributed by atoms with E-state index in [0.29, 0.717) is 12.0 Å². The molecule has 0 spiro atoms. The summed E-state index contributed by atoms with van der Waals surface area (Å²) in [5.41, 5.74) is 0.408. The number of methoxy groups -OCH3 is 1. The number of carboxylic acids is 1. The molecule has 0 saturated carbocycles. The molecule has 1 saturated heterocycles. The summed E-state index contributed by atoms with van der Waals surface area (Å²) in [5.74, 6) is -0.325. The van der Waals surface area contributed by atoms with Gasteiger partial charge in [0.1, 0.15) is 4.75 Å². The molecule has 0 aromatic heterocycles. The van der Waals surface area contributed by atoms with Gasteiger partial charge in [0.2, 0.25) is 0 Å². The van der Waals surface area contributed by atoms with Crippen LogP contribution in [0.4, 0.5) is 4.39 Å². The highest BCUT2D eigenvalue weighted by molar-refractivity contribution is 8.01. The van der Waals surface area contributed by atoms with Crippen LogP contribution in [0.5, 0.6) is 5.75 Å². The highest BCUT2D eigenvalue weighted by atomic mass is 32.2. The molecule has 1 aromatic carbocycles. The van der Waals surface area contributed by atoms with Crippen LogP contribution in [0.1, 0.15) is 18.4 Å². The fourth-order valence-corrected chi connectivity index (χ4v) is 3.59. The van der Waals surface area contributed by atoms with Gasteiger partial charge in [0.05, 0.1) is 7.11 Å². The maximum atomic E-state index is 14.0. The van der Waals surface area contributed by atoms with Gasteiger partial charge in [-0.05, 0) is 30.2 Å². The van der Waals surface area contributed by atoms with Gasteiger partial charge in [0.25, 0.3) is 0 Å². The average molecular weight is 270 g/mol. The third-order valence-corrected chi connectivity index (χ3v) is 4.80. The van der Waals surface area contributed by atoms with Gasteiger partial charge in [0.15, 0.2) is 11.6 Å². The monoisotopic (exact) mass is 270 g/mol. The standard InChI is InChI=1S/C13H15FO3S/c1-17-10-5-2-4-9(11(10)14)8-13(12(15)16)6-3-7-18-13/h2,4-5H,3,6-8H2,1H3,(H,15,16). The molecule has 0 bridgehead atoms. The molecule has 2 rings (SSSR count). The van der Waals surface area contributed by atoms with E-state index in [1.165, 1.54) is 24.9 Å². The maximum Gasteiger partial charge on any atom is 0.320 e. The van der Waals surface area contributed by atoms with E-state index in [2.05, 4.69) is 0 Å². The number of hydrogen-bond acceptors (Lipinski definition) is 3. The minimum Gasteiger partial charge on any atom is -0.494 e. The van der Waals surface area contributed by atoms with E-state index in [4.69, 9.17) is 4.74 Å². The first-order valence-electron chi connectivity index (χ1n) is 5.78. The van der Waals surface area contributed by atoms with Gasteiger partial charge >= 0.3 is 5.97 Å². The maximum absolute atomic E-state index is 14.0. The predicted octanol–water partition coefficient (Wildman–Crippen LogP) is 2.73. The van der Waals surface area contributed by atoms with Crippen molar-refractivity contribution in [1.82, 2.24) is 0 Å². The van der Waals surface area contributed by atoms with E-state index in [-0.39, 0.29) is 12.2 Å². The number of benzene rings is 1. The Kier molecular flexibility index (Phi) is 3.80. The highest BCUT2D eigenvalue weighted by Crippen LogP contribution is 2.42. The zero-order valence-electron chi connectivity index (χ0n) is 10.1. The molecule has 18 heavy (non-hydrogen) atoms. The molecule has 1 atom stereocenters. The van der Waals surface area contributed by atoms with Crippen LogP contribution in [-0.2, 0) is 11.2 Å². The number of halogens is 1. The molecule has 3 nitrogen and oxygen atoms in total. The van der Waals surface area contributed by atoms with E-state index in [9.17, 15) is 14.3 Å². The Balaban J connectivity index is 2.30. The van der Waals surface area contributed by atoms with Crippen molar-refractivity contribution in [3.05, 3.63) is 29.6 Å². The molecule has 1 aromatic rings. The molecule has 1 aliphatic heterocycles. The van der Waals surface area contributed by atoms with E-state index < -0.39 is 16.5 Å². The third-order valence-electron chi connectivity index (χ3n) is 3.23. The molecule has 0 radical (unpaired) electrons. The Labute approximate surface area is 109 Å². The predicted molar refractivity (Wildman–Crippen MR) is 68.7 cm³/mol. The number of rotatable bonds is 4. The van der Waals surface area contributed by atoms with Gasteiger partial charge in [-0.2, -0.15) is 0 Å². The molecule has 1 N–H and O–H groups in total. The first-order chi connectivity index (χ1) is 8.59. The van der Waals surface area contributed by atoms with Crippen LogP contribution in [0.3, 0.4) is 0 Å². The van der Waals surface area contributed by atoms with Crippen molar-refractivity contribution in [3.63, 3.8) is 0 Å². The van der Waals surface area contributed by atoms with Crippen LogP contribution < -0.4 is 4.74 Å². The first-order valence-corrected chi connectivity index (χ1v) is 6.76. The number of hydrogen-bond donors (Lipinski definition) is 1. The summed E-state index contributed by atoms with van der Waals surface area (Å²) in [6, 6.07) is 4.85. The fraction of sp³-hybridized carbons (Fsp3) is 0.462. The molecule has 1 unspecified atom stereocenters. The summed E-state index contributed by atoms with van der Waals surface area (Å²) in [5, 5.41) is 9.37. The smallest absolute Gasteiger partial charge is 0.320 e. The van der Waals surface area contributed by atoms with Gasteiger partial charge in [-0.25, -0.2) is 4.39 Å². The van der Waals surface area contributed by atoms with Crippen molar-refractivity contribution in [2.75, 3.05) is 12.9 Å². The largest absolute Gasteiger partial charge is 0.494 e. The Morgan fingerprint density at radius 1 is 1.61 bits per heavy atom. The zero-order chi connectivity index (χ0) is 13.2. The van der Waals surface area contributed by atoms with Crippen LogP contribution in [0.15, 0.2) is 18.2 Å². The summed E-state index contributed by atoms with van der Waals surface area (Å²) < 4.78 is 18.1. The van der Waals surface area contributed by atoms with Crippen molar-refractivity contribution in [2.45, 2.75) is 24.0 Å². The quantitative estimate of drug-likeness (QED) is 0.913. The summed E-state index contributed by atoms with van der Waals surface area (Å²) >= 11 is 1.41. The molecule has 1 aliphatic rings. The average Bonchev–Trinajstić information content (AvgIpc) is 2.82. The number of thioether (sulfide) groups is 1. The number of ether oxygens (including phenoxy) is 1. The third kappa shape index (κ3) is 2.32. The Hall–Kier alpha value is -1.23. The number of aliphatic carboxylic acids is 1. The molecule has 1 fully saturated rings. The van der Waals surface area contributed by atoms with Crippen molar-refractivity contribution >= 4 is 17.7 Å². The molecule has 5 heteroatoms. The first kappa shape index (κ1) is 13.2. The molecule has 0 amide bonds. The van der Waals surface area contributed by atoms with Gasteiger partial charge in [-0.1, -0.05) is 12.1 Å². The second kappa shape index (κ2) is 5.18. The molecule has 0 aliphatic carbocycles. The zero-order valence-corrected chi connectivity index (χ0v) is 10.9. The van der Waals surface area contributed by atoms with Gasteiger partial charge in [0, 0.05) is 6.42 Å². The van der Waals surface area contributed by atoms with E-state index in [0.717, 1.165) is 12.2 Å². The van der Waals surface area contributed by atoms with Crippen LogP contribution in [-0.4, -0.2) is 28.7 Å². The lowest BCUT2D eigenvalue weighted by Gasteiger charge is -2.23. The van der Waals surface area contributed by atoms with Gasteiger partial charge in [-0.3, -0.25) is 4.79 Å². The van der Waals surface area contributed by atoms with Crippen LogP contribution >= 0.6 is 11.8 Å². The minimum atomic E-state index is -0.882.